The van der Waals surface area contributed by atoms with Crippen molar-refractivity contribution in [2.45, 2.75) is 34.1 Å². The number of rotatable bonds is 4. The first-order valence-electron chi connectivity index (χ1n) is 9.44. The molecule has 0 aliphatic carbocycles. The third kappa shape index (κ3) is 4.95. The van der Waals surface area contributed by atoms with Crippen LogP contribution < -0.4 is 0 Å². The Morgan fingerprint density at radius 3 is 2.48 bits per heavy atom. The Hall–Kier alpha value is -2.21. The molecule has 0 saturated carbocycles. The van der Waals surface area contributed by atoms with Crippen LogP contribution in [0.25, 0.3) is 11.5 Å². The minimum Gasteiger partial charge on any atom is -0.441 e. The number of halogens is 1. The first-order chi connectivity index (χ1) is 12.7. The molecule has 1 amide bonds. The summed E-state index contributed by atoms with van der Waals surface area (Å²) >= 11 is 0. The summed E-state index contributed by atoms with van der Waals surface area (Å²) in [5, 5.41) is 0. The predicted octanol–water partition coefficient (Wildman–Crippen LogP) is 3.52. The van der Waals surface area contributed by atoms with Crippen molar-refractivity contribution in [3.05, 3.63) is 41.5 Å². The van der Waals surface area contributed by atoms with Gasteiger partial charge in [0.05, 0.1) is 17.7 Å². The zero-order valence-corrected chi connectivity index (χ0v) is 16.6. The Balaban J connectivity index is 1.62. The van der Waals surface area contributed by atoms with Gasteiger partial charge in [-0.3, -0.25) is 9.69 Å². The second kappa shape index (κ2) is 7.80. The summed E-state index contributed by atoms with van der Waals surface area (Å²) in [5.41, 5.74) is 1.15. The molecular formula is C21H28FN3O2. The van der Waals surface area contributed by atoms with Crippen LogP contribution >= 0.6 is 0 Å². The molecule has 0 radical (unpaired) electrons. The van der Waals surface area contributed by atoms with Crippen molar-refractivity contribution >= 4 is 5.91 Å². The number of carbonyl (C=O) groups excluding carboxylic acids is 1. The van der Waals surface area contributed by atoms with Crippen molar-refractivity contribution in [1.29, 1.82) is 0 Å². The number of aryl methyl sites for hydroxylation is 1. The van der Waals surface area contributed by atoms with Crippen LogP contribution in [0.1, 0.15) is 32.2 Å². The monoisotopic (exact) mass is 373 g/mol. The Morgan fingerprint density at radius 1 is 1.19 bits per heavy atom. The van der Waals surface area contributed by atoms with Crippen molar-refractivity contribution in [2.75, 3.05) is 32.7 Å². The van der Waals surface area contributed by atoms with E-state index in [0.717, 1.165) is 32.7 Å². The van der Waals surface area contributed by atoms with Gasteiger partial charge in [0, 0.05) is 32.7 Å². The maximum atomic E-state index is 13.9. The van der Waals surface area contributed by atoms with Crippen LogP contribution in [0.2, 0.25) is 0 Å². The van der Waals surface area contributed by atoms with E-state index in [2.05, 4.69) is 30.7 Å². The Bertz CT molecular complexity index is 802. The smallest absolute Gasteiger partial charge is 0.229 e. The summed E-state index contributed by atoms with van der Waals surface area (Å²) in [6.45, 7) is 12.7. The zero-order valence-electron chi connectivity index (χ0n) is 16.6. The molecule has 1 aliphatic heterocycles. The molecule has 6 heteroatoms. The summed E-state index contributed by atoms with van der Waals surface area (Å²) in [5.74, 6) is 0.449. The number of nitrogens with zero attached hydrogens (tertiary/aromatic N) is 3. The van der Waals surface area contributed by atoms with Crippen molar-refractivity contribution in [1.82, 2.24) is 14.8 Å². The fourth-order valence-corrected chi connectivity index (χ4v) is 3.42. The van der Waals surface area contributed by atoms with Gasteiger partial charge in [-0.1, -0.05) is 32.9 Å². The summed E-state index contributed by atoms with van der Waals surface area (Å²) in [7, 11) is 0. The van der Waals surface area contributed by atoms with Gasteiger partial charge in [0.2, 0.25) is 11.8 Å². The zero-order chi connectivity index (χ0) is 19.6. The molecule has 2 aromatic rings. The summed E-state index contributed by atoms with van der Waals surface area (Å²) < 4.78 is 19.6. The molecule has 1 aromatic heterocycles. The molecule has 2 heterocycles. The number of amides is 1. The molecule has 0 unspecified atom stereocenters. The highest BCUT2D eigenvalue weighted by atomic mass is 19.1. The molecule has 0 bridgehead atoms. The van der Waals surface area contributed by atoms with E-state index in [-0.39, 0.29) is 29.5 Å². The second-order valence-electron chi connectivity index (χ2n) is 8.40. The van der Waals surface area contributed by atoms with E-state index in [1.165, 1.54) is 6.07 Å². The van der Waals surface area contributed by atoms with E-state index >= 15 is 0 Å². The molecule has 27 heavy (non-hydrogen) atoms. The van der Waals surface area contributed by atoms with Gasteiger partial charge in [-0.05, 0) is 24.5 Å². The molecule has 1 aliphatic rings. The molecule has 0 spiro atoms. The molecule has 3 rings (SSSR count). The van der Waals surface area contributed by atoms with Gasteiger partial charge in [-0.15, -0.1) is 0 Å². The summed E-state index contributed by atoms with van der Waals surface area (Å²) in [6, 6.07) is 6.36. The van der Waals surface area contributed by atoms with Crippen LogP contribution in [-0.2, 0) is 11.2 Å². The quantitative estimate of drug-likeness (QED) is 0.823. The van der Waals surface area contributed by atoms with E-state index in [9.17, 15) is 9.18 Å². The van der Waals surface area contributed by atoms with Crippen LogP contribution in [0.3, 0.4) is 0 Å². The molecule has 5 nitrogen and oxygen atoms in total. The average molecular weight is 373 g/mol. The van der Waals surface area contributed by atoms with Crippen molar-refractivity contribution in [2.24, 2.45) is 5.41 Å². The lowest BCUT2D eigenvalue weighted by molar-refractivity contribution is -0.132. The number of hydrogen-bond donors (Lipinski definition) is 0. The maximum Gasteiger partial charge on any atom is 0.229 e. The van der Waals surface area contributed by atoms with Crippen molar-refractivity contribution in [3.63, 3.8) is 0 Å². The van der Waals surface area contributed by atoms with Gasteiger partial charge in [0.1, 0.15) is 11.6 Å². The Labute approximate surface area is 160 Å². The third-order valence-corrected chi connectivity index (χ3v) is 4.74. The second-order valence-corrected chi connectivity index (χ2v) is 8.40. The van der Waals surface area contributed by atoms with E-state index in [1.54, 1.807) is 25.1 Å². The van der Waals surface area contributed by atoms with Gasteiger partial charge in [0.25, 0.3) is 0 Å². The Kier molecular flexibility index (Phi) is 5.65. The minimum absolute atomic E-state index is 0.0434. The lowest BCUT2D eigenvalue weighted by Crippen LogP contribution is -2.50. The van der Waals surface area contributed by atoms with Gasteiger partial charge in [0.15, 0.2) is 0 Å². The van der Waals surface area contributed by atoms with Gasteiger partial charge in [-0.25, -0.2) is 9.37 Å². The van der Waals surface area contributed by atoms with Crippen molar-refractivity contribution in [3.8, 4) is 11.5 Å². The SMILES string of the molecule is Cc1oc(-c2ccccc2F)nc1CC(=O)N1CCN(CC(C)(C)C)CC1. The first-order valence-corrected chi connectivity index (χ1v) is 9.44. The van der Waals surface area contributed by atoms with Crippen LogP contribution in [-0.4, -0.2) is 53.4 Å². The third-order valence-electron chi connectivity index (χ3n) is 4.74. The highest BCUT2D eigenvalue weighted by Crippen LogP contribution is 2.25. The molecule has 1 fully saturated rings. The van der Waals surface area contributed by atoms with Gasteiger partial charge in [-0.2, -0.15) is 0 Å². The number of benzene rings is 1. The van der Waals surface area contributed by atoms with Crippen LogP contribution in [0, 0.1) is 18.2 Å². The van der Waals surface area contributed by atoms with Gasteiger partial charge >= 0.3 is 0 Å². The molecular weight excluding hydrogens is 345 g/mol. The normalized spacial score (nSPS) is 16.0. The molecule has 0 N–H and O–H groups in total. The van der Waals surface area contributed by atoms with Gasteiger partial charge < -0.3 is 9.32 Å². The molecule has 0 atom stereocenters. The fraction of sp³-hybridized carbons (Fsp3) is 0.524. The minimum atomic E-state index is -0.383. The van der Waals surface area contributed by atoms with Crippen molar-refractivity contribution < 1.29 is 13.6 Å². The summed E-state index contributed by atoms with van der Waals surface area (Å²) in [6.07, 6.45) is 0.184. The molecule has 146 valence electrons. The van der Waals surface area contributed by atoms with Crippen LogP contribution in [0.4, 0.5) is 4.39 Å². The molecule has 1 saturated heterocycles. The van der Waals surface area contributed by atoms with Crippen LogP contribution in [0.5, 0.6) is 0 Å². The number of piperazine rings is 1. The van der Waals surface area contributed by atoms with Crippen LogP contribution in [0.15, 0.2) is 28.7 Å². The highest BCUT2D eigenvalue weighted by molar-refractivity contribution is 5.78. The fourth-order valence-electron chi connectivity index (χ4n) is 3.42. The average Bonchev–Trinajstić information content (AvgIpc) is 2.95. The van der Waals surface area contributed by atoms with E-state index in [1.807, 2.05) is 4.90 Å². The maximum absolute atomic E-state index is 13.9. The van der Waals surface area contributed by atoms with E-state index < -0.39 is 0 Å². The number of carbonyl (C=O) groups is 1. The topological polar surface area (TPSA) is 49.6 Å². The number of hydrogen-bond acceptors (Lipinski definition) is 4. The largest absolute Gasteiger partial charge is 0.441 e. The summed E-state index contributed by atoms with van der Waals surface area (Å²) in [4.78, 5) is 21.3. The number of oxazole rings is 1. The molecule has 1 aromatic carbocycles. The number of aromatic nitrogens is 1. The standard InChI is InChI=1S/C21H28FN3O2/c1-15-18(23-20(27-15)16-7-5-6-8-17(16)22)13-19(26)25-11-9-24(10-12-25)14-21(2,3)4/h5-8H,9-14H2,1-4H3. The highest BCUT2D eigenvalue weighted by Gasteiger charge is 2.25. The van der Waals surface area contributed by atoms with E-state index in [4.69, 9.17) is 4.42 Å². The first kappa shape index (κ1) is 19.5. The predicted molar refractivity (Wildman–Crippen MR) is 103 cm³/mol. The Morgan fingerprint density at radius 2 is 1.85 bits per heavy atom. The van der Waals surface area contributed by atoms with E-state index in [0.29, 0.717) is 17.0 Å². The lowest BCUT2D eigenvalue weighted by atomic mass is 9.96. The lowest BCUT2D eigenvalue weighted by Gasteiger charge is -2.37.